The highest BCUT2D eigenvalue weighted by Gasteiger charge is 2.05. The molecule has 0 aliphatic heterocycles. The van der Waals surface area contributed by atoms with Crippen LogP contribution in [-0.4, -0.2) is 21.0 Å². The van der Waals surface area contributed by atoms with Gasteiger partial charge < -0.3 is 5.73 Å². The highest BCUT2D eigenvalue weighted by Crippen LogP contribution is 2.05. The van der Waals surface area contributed by atoms with E-state index in [-0.39, 0.29) is 6.04 Å². The largest absolute Gasteiger partial charge is 0.327 e. The van der Waals surface area contributed by atoms with Crippen LogP contribution >= 0.6 is 0 Å². The van der Waals surface area contributed by atoms with Crippen LogP contribution in [0.25, 0.3) is 0 Å². The van der Waals surface area contributed by atoms with Gasteiger partial charge in [-0.1, -0.05) is 0 Å². The van der Waals surface area contributed by atoms with Crippen molar-refractivity contribution >= 4 is 10.8 Å². The van der Waals surface area contributed by atoms with Gasteiger partial charge in [-0.05, 0) is 24.6 Å². The van der Waals surface area contributed by atoms with Crippen molar-refractivity contribution in [3.8, 4) is 6.07 Å². The van der Waals surface area contributed by atoms with Crippen LogP contribution in [0.3, 0.4) is 0 Å². The van der Waals surface area contributed by atoms with Crippen LogP contribution in [0.5, 0.6) is 0 Å². The Balaban J connectivity index is 2.65. The molecule has 5 heteroatoms. The number of nitrogens with zero attached hydrogens (tertiary/aromatic N) is 2. The van der Waals surface area contributed by atoms with E-state index in [1.165, 1.54) is 0 Å². The molecule has 2 unspecified atom stereocenters. The van der Waals surface area contributed by atoms with E-state index in [2.05, 4.69) is 4.98 Å². The summed E-state index contributed by atoms with van der Waals surface area (Å²) in [6.07, 6.45) is 1.55. The molecule has 0 spiro atoms. The molecule has 0 fully saturated rings. The molecule has 0 aliphatic rings. The lowest BCUT2D eigenvalue weighted by Gasteiger charge is -2.05. The fourth-order valence-corrected chi connectivity index (χ4v) is 2.42. The summed E-state index contributed by atoms with van der Waals surface area (Å²) < 4.78 is 11.6. The summed E-state index contributed by atoms with van der Waals surface area (Å²) >= 11 is 0. The Morgan fingerprint density at radius 2 is 2.47 bits per heavy atom. The summed E-state index contributed by atoms with van der Waals surface area (Å²) in [5, 5.41) is 8.63. The molecule has 0 saturated carbocycles. The second-order valence-corrected chi connectivity index (χ2v) is 4.89. The Kier molecular flexibility index (Phi) is 4.40. The standard InChI is InChI=1S/C10H13N3OS/c1-8(12)6-15(14)7-9-2-3-13-10(4-9)5-11/h2-4,8H,6-7,12H2,1H3. The van der Waals surface area contributed by atoms with Crippen molar-refractivity contribution in [1.29, 1.82) is 5.26 Å². The molecule has 0 saturated heterocycles. The Morgan fingerprint density at radius 3 is 3.07 bits per heavy atom. The quantitative estimate of drug-likeness (QED) is 0.808. The van der Waals surface area contributed by atoms with E-state index in [9.17, 15) is 4.21 Å². The molecule has 0 aliphatic carbocycles. The van der Waals surface area contributed by atoms with E-state index in [1.54, 1.807) is 18.3 Å². The summed E-state index contributed by atoms with van der Waals surface area (Å²) in [4.78, 5) is 3.84. The lowest BCUT2D eigenvalue weighted by atomic mass is 10.2. The molecule has 1 aromatic heterocycles. The molecule has 0 bridgehead atoms. The predicted molar refractivity (Wildman–Crippen MR) is 59.3 cm³/mol. The number of nitriles is 1. The SMILES string of the molecule is CC(N)CS(=O)Cc1ccnc(C#N)c1. The lowest BCUT2D eigenvalue weighted by molar-refractivity contribution is 0.676. The third-order valence-corrected chi connectivity index (χ3v) is 3.27. The molecule has 1 rings (SSSR count). The molecule has 0 amide bonds. The minimum Gasteiger partial charge on any atom is -0.327 e. The number of nitrogens with two attached hydrogens (primary N) is 1. The highest BCUT2D eigenvalue weighted by molar-refractivity contribution is 7.84. The van der Waals surface area contributed by atoms with Gasteiger partial charge in [0.05, 0.1) is 0 Å². The molecule has 2 atom stereocenters. The summed E-state index contributed by atoms with van der Waals surface area (Å²) in [7, 11) is -0.974. The van der Waals surface area contributed by atoms with Crippen LogP contribution in [0.2, 0.25) is 0 Å². The average Bonchev–Trinajstić information content (AvgIpc) is 2.16. The monoisotopic (exact) mass is 223 g/mol. The number of aromatic nitrogens is 1. The zero-order chi connectivity index (χ0) is 11.3. The first kappa shape index (κ1) is 11.8. The first-order valence-electron chi connectivity index (χ1n) is 4.57. The summed E-state index contributed by atoms with van der Waals surface area (Å²) in [6, 6.07) is 5.30. The Bertz CT molecular complexity index is 398. The number of pyridine rings is 1. The smallest absolute Gasteiger partial charge is 0.140 e. The average molecular weight is 223 g/mol. The fraction of sp³-hybridized carbons (Fsp3) is 0.400. The van der Waals surface area contributed by atoms with Gasteiger partial charge in [0.25, 0.3) is 0 Å². The van der Waals surface area contributed by atoms with Gasteiger partial charge in [0, 0.05) is 34.5 Å². The maximum absolute atomic E-state index is 11.6. The molecule has 0 aromatic carbocycles. The van der Waals surface area contributed by atoms with E-state index in [0.717, 1.165) is 5.56 Å². The molecule has 0 radical (unpaired) electrons. The minimum absolute atomic E-state index is 0.0666. The predicted octanol–water partition coefficient (Wildman–Crippen LogP) is 0.549. The van der Waals surface area contributed by atoms with Crippen molar-refractivity contribution in [2.24, 2.45) is 5.73 Å². The number of rotatable bonds is 4. The first-order chi connectivity index (χ1) is 7.11. The normalized spacial score (nSPS) is 14.2. The van der Waals surface area contributed by atoms with Crippen molar-refractivity contribution < 1.29 is 4.21 Å². The highest BCUT2D eigenvalue weighted by atomic mass is 32.2. The Morgan fingerprint density at radius 1 is 1.73 bits per heavy atom. The van der Waals surface area contributed by atoms with Gasteiger partial charge in [-0.25, -0.2) is 4.98 Å². The zero-order valence-electron chi connectivity index (χ0n) is 8.51. The van der Waals surface area contributed by atoms with Crippen molar-refractivity contribution in [3.05, 3.63) is 29.6 Å². The van der Waals surface area contributed by atoms with Crippen molar-refractivity contribution in [3.63, 3.8) is 0 Å². The van der Waals surface area contributed by atoms with Crippen molar-refractivity contribution in [2.45, 2.75) is 18.7 Å². The van der Waals surface area contributed by atoms with E-state index >= 15 is 0 Å². The van der Waals surface area contributed by atoms with Gasteiger partial charge in [-0.15, -0.1) is 0 Å². The fourth-order valence-electron chi connectivity index (χ4n) is 1.16. The van der Waals surface area contributed by atoms with Gasteiger partial charge in [0.2, 0.25) is 0 Å². The van der Waals surface area contributed by atoms with Gasteiger partial charge in [0.1, 0.15) is 11.8 Å². The molecule has 80 valence electrons. The second-order valence-electron chi connectivity index (χ2n) is 3.39. The van der Waals surface area contributed by atoms with Crippen LogP contribution in [0.15, 0.2) is 18.3 Å². The molecule has 1 aromatic rings. The minimum atomic E-state index is -0.974. The Labute approximate surface area is 91.6 Å². The van der Waals surface area contributed by atoms with Crippen LogP contribution < -0.4 is 5.73 Å². The second kappa shape index (κ2) is 5.59. The summed E-state index contributed by atoms with van der Waals surface area (Å²) in [5.74, 6) is 0.906. The summed E-state index contributed by atoms with van der Waals surface area (Å²) in [5.41, 5.74) is 6.76. The molecular weight excluding hydrogens is 210 g/mol. The molecule has 1 heterocycles. The van der Waals surface area contributed by atoms with E-state index in [4.69, 9.17) is 11.0 Å². The number of hydrogen-bond acceptors (Lipinski definition) is 4. The first-order valence-corrected chi connectivity index (χ1v) is 6.06. The Hall–Kier alpha value is -1.25. The molecule has 15 heavy (non-hydrogen) atoms. The lowest BCUT2D eigenvalue weighted by Crippen LogP contribution is -2.23. The van der Waals surface area contributed by atoms with E-state index in [0.29, 0.717) is 17.2 Å². The maximum atomic E-state index is 11.6. The van der Waals surface area contributed by atoms with Crippen LogP contribution in [0.4, 0.5) is 0 Å². The topological polar surface area (TPSA) is 79.8 Å². The van der Waals surface area contributed by atoms with Gasteiger partial charge >= 0.3 is 0 Å². The van der Waals surface area contributed by atoms with Gasteiger partial charge in [-0.3, -0.25) is 4.21 Å². The third-order valence-electron chi connectivity index (χ3n) is 1.72. The van der Waals surface area contributed by atoms with Gasteiger partial charge in [0.15, 0.2) is 0 Å². The van der Waals surface area contributed by atoms with Crippen LogP contribution in [0.1, 0.15) is 18.2 Å². The van der Waals surface area contributed by atoms with Crippen molar-refractivity contribution in [1.82, 2.24) is 4.98 Å². The zero-order valence-corrected chi connectivity index (χ0v) is 9.33. The van der Waals surface area contributed by atoms with Gasteiger partial charge in [-0.2, -0.15) is 5.26 Å². The van der Waals surface area contributed by atoms with Crippen LogP contribution in [-0.2, 0) is 16.6 Å². The third kappa shape index (κ3) is 4.19. The van der Waals surface area contributed by atoms with Crippen molar-refractivity contribution in [2.75, 3.05) is 5.75 Å². The molecular formula is C10H13N3OS. The number of hydrogen-bond donors (Lipinski definition) is 1. The van der Waals surface area contributed by atoms with E-state index in [1.807, 2.05) is 13.0 Å². The summed E-state index contributed by atoms with van der Waals surface area (Å²) in [6.45, 7) is 1.82. The van der Waals surface area contributed by atoms with Crippen LogP contribution in [0, 0.1) is 11.3 Å². The molecule has 4 nitrogen and oxygen atoms in total. The maximum Gasteiger partial charge on any atom is 0.140 e. The van der Waals surface area contributed by atoms with E-state index < -0.39 is 10.8 Å². The molecule has 2 N–H and O–H groups in total.